The van der Waals surface area contributed by atoms with Gasteiger partial charge in [-0.25, -0.2) is 4.79 Å². The predicted octanol–water partition coefficient (Wildman–Crippen LogP) is 8.81. The summed E-state index contributed by atoms with van der Waals surface area (Å²) in [6, 6.07) is 9.17. The number of amides is 1. The number of aliphatic hydroxyl groups excluding tert-OH is 2. The number of nitrogens with zero attached hydrogens (tertiary/aromatic N) is 1. The summed E-state index contributed by atoms with van der Waals surface area (Å²) in [5.41, 5.74) is 1.75. The summed E-state index contributed by atoms with van der Waals surface area (Å²) in [4.78, 5) is 58.9. The van der Waals surface area contributed by atoms with Crippen molar-refractivity contribution in [2.45, 2.75) is 225 Å². The Hall–Kier alpha value is -3.94. The van der Waals surface area contributed by atoms with E-state index >= 15 is 0 Å². The van der Waals surface area contributed by atoms with E-state index < -0.39 is 83.9 Å². The van der Waals surface area contributed by atoms with Crippen molar-refractivity contribution in [1.29, 1.82) is 0 Å². The molecule has 0 radical (unpaired) electrons. The van der Waals surface area contributed by atoms with Crippen molar-refractivity contribution in [3.63, 3.8) is 0 Å². The summed E-state index contributed by atoms with van der Waals surface area (Å²) in [7, 11) is 4.65. The third kappa shape index (κ3) is 16.6. The molecule has 1 aromatic carbocycles. The van der Waals surface area contributed by atoms with Crippen LogP contribution in [0.5, 0.6) is 0 Å². The zero-order chi connectivity index (χ0) is 57.8. The van der Waals surface area contributed by atoms with E-state index in [9.17, 15) is 34.5 Å². The number of hydrogen-bond acceptors (Lipinski definition) is 15. The molecule has 5 aliphatic rings. The van der Waals surface area contributed by atoms with Gasteiger partial charge >= 0.3 is 5.97 Å². The number of carbonyl (C=O) groups excluding carboxylic acids is 4. The fourth-order valence-corrected chi connectivity index (χ4v) is 12.6. The Bertz CT molecular complexity index is 2280. The smallest absolute Gasteiger partial charge is 0.329 e. The molecular formula is C63H96N2O14. The Morgan fingerprint density at radius 1 is 0.823 bits per heavy atom. The van der Waals surface area contributed by atoms with Crippen LogP contribution < -0.4 is 5.32 Å². The SMILES string of the molecule is COC1NC2CCC(C)C(O)(O2)C(O)C(=O)N2CCCCC2C(=O)OC(C(C)CC2CCC(OC3CCC(c4ccccc4)OC3(C)C)C(OC)C2)CC(=O)/C(C)=C\C(C)C(O)C(OC)C(=O)C(C)CC(C)C=CC=CC=C1C. The molecule has 4 heterocycles. The van der Waals surface area contributed by atoms with Gasteiger partial charge < -0.3 is 53.4 Å². The van der Waals surface area contributed by atoms with E-state index in [1.165, 1.54) is 12.0 Å². The topological polar surface area (TPSA) is 209 Å². The molecule has 4 N–H and O–H groups in total. The predicted molar refractivity (Wildman–Crippen MR) is 301 cm³/mol. The molecule has 4 fully saturated rings. The van der Waals surface area contributed by atoms with Crippen LogP contribution in [0.25, 0.3) is 0 Å². The third-order valence-electron chi connectivity index (χ3n) is 17.7. The van der Waals surface area contributed by atoms with Gasteiger partial charge in [-0.15, -0.1) is 0 Å². The minimum Gasteiger partial charge on any atom is -0.460 e. The number of esters is 1. The normalized spacial score (nSPS) is 38.5. The van der Waals surface area contributed by atoms with Crippen molar-refractivity contribution in [1.82, 2.24) is 10.2 Å². The number of nitrogens with one attached hydrogen (secondary N) is 1. The molecule has 16 heteroatoms. The number of hydrogen-bond donors (Lipinski definition) is 4. The quantitative estimate of drug-likeness (QED) is 0.170. The van der Waals surface area contributed by atoms with Crippen LogP contribution in [0.3, 0.4) is 0 Å². The average molecular weight is 1110 g/mol. The lowest BCUT2D eigenvalue weighted by atomic mass is 9.78. The van der Waals surface area contributed by atoms with E-state index in [2.05, 4.69) is 31.3 Å². The first kappa shape index (κ1) is 64.2. The molecule has 1 amide bonds. The van der Waals surface area contributed by atoms with Crippen LogP contribution in [-0.4, -0.2) is 144 Å². The summed E-state index contributed by atoms with van der Waals surface area (Å²) in [5, 5.41) is 38.9. The van der Waals surface area contributed by atoms with Crippen molar-refractivity contribution >= 4 is 23.4 Å². The van der Waals surface area contributed by atoms with Crippen LogP contribution in [-0.2, 0) is 52.3 Å². The Kier molecular flexibility index (Phi) is 23.9. The first-order valence-corrected chi connectivity index (χ1v) is 29.3. The number of Topliss-reactive ketones (excluding diaryl/α,β-unsaturated/α-hetero) is 2. The molecule has 0 spiro atoms. The van der Waals surface area contributed by atoms with Crippen molar-refractivity contribution in [3.8, 4) is 0 Å². The first-order valence-electron chi connectivity index (χ1n) is 29.3. The van der Waals surface area contributed by atoms with Crippen LogP contribution in [0.15, 0.2) is 77.9 Å². The highest BCUT2D eigenvalue weighted by molar-refractivity contribution is 5.95. The minimum absolute atomic E-state index is 0.0102. The number of allylic oxidation sites excluding steroid dienone is 6. The third-order valence-corrected chi connectivity index (χ3v) is 17.7. The van der Waals surface area contributed by atoms with Gasteiger partial charge in [0.25, 0.3) is 5.91 Å². The fraction of sp³-hybridized carbons (Fsp3) is 0.714. The van der Waals surface area contributed by atoms with Crippen LogP contribution in [0.2, 0.25) is 0 Å². The number of aliphatic hydroxyl groups is 3. The number of ether oxygens (including phenoxy) is 7. The van der Waals surface area contributed by atoms with Gasteiger partial charge in [0.15, 0.2) is 17.7 Å². The molecule has 4 aliphatic heterocycles. The molecule has 442 valence electrons. The molecular weight excluding hydrogens is 1010 g/mol. The van der Waals surface area contributed by atoms with Crippen LogP contribution in [0.4, 0.5) is 0 Å². The lowest BCUT2D eigenvalue weighted by Crippen LogP contribution is -2.64. The summed E-state index contributed by atoms with van der Waals surface area (Å²) in [6.45, 7) is 17.1. The highest BCUT2D eigenvalue weighted by Crippen LogP contribution is 2.42. The maximum Gasteiger partial charge on any atom is 0.329 e. The molecule has 0 aromatic heterocycles. The Morgan fingerprint density at radius 2 is 1.56 bits per heavy atom. The van der Waals surface area contributed by atoms with E-state index in [0.29, 0.717) is 50.5 Å². The number of methoxy groups -OCH3 is 3. The molecule has 79 heavy (non-hydrogen) atoms. The summed E-state index contributed by atoms with van der Waals surface area (Å²) in [5.74, 6) is -6.39. The van der Waals surface area contributed by atoms with Crippen molar-refractivity contribution in [2.75, 3.05) is 27.9 Å². The molecule has 6 rings (SSSR count). The van der Waals surface area contributed by atoms with Gasteiger partial charge in [0.1, 0.15) is 30.7 Å². The van der Waals surface area contributed by atoms with Crippen molar-refractivity contribution in [3.05, 3.63) is 83.5 Å². The number of benzene rings is 1. The Labute approximate surface area is 471 Å². The maximum atomic E-state index is 14.7. The molecule has 3 saturated heterocycles. The number of carbonyl (C=O) groups is 4. The van der Waals surface area contributed by atoms with Gasteiger partial charge in [-0.05, 0) is 139 Å². The van der Waals surface area contributed by atoms with Gasteiger partial charge in [0.2, 0.25) is 5.79 Å². The molecule has 1 aliphatic carbocycles. The number of piperidine rings is 1. The highest BCUT2D eigenvalue weighted by Gasteiger charge is 2.53. The molecule has 18 atom stereocenters. The zero-order valence-corrected chi connectivity index (χ0v) is 49.3. The lowest BCUT2D eigenvalue weighted by molar-refractivity contribution is -0.322. The Morgan fingerprint density at radius 3 is 2.24 bits per heavy atom. The van der Waals surface area contributed by atoms with E-state index in [0.717, 1.165) is 36.8 Å². The fourth-order valence-electron chi connectivity index (χ4n) is 12.6. The minimum atomic E-state index is -2.31. The van der Waals surface area contributed by atoms with Gasteiger partial charge in [-0.2, -0.15) is 0 Å². The van der Waals surface area contributed by atoms with Gasteiger partial charge in [0.05, 0.1) is 36.1 Å². The number of rotatable bonds is 9. The van der Waals surface area contributed by atoms with E-state index in [-0.39, 0.29) is 73.1 Å². The van der Waals surface area contributed by atoms with E-state index in [1.54, 1.807) is 41.1 Å². The molecule has 18 unspecified atom stereocenters. The van der Waals surface area contributed by atoms with Crippen LogP contribution in [0, 0.1) is 35.5 Å². The van der Waals surface area contributed by atoms with Gasteiger partial charge in [-0.3, -0.25) is 19.7 Å². The monoisotopic (exact) mass is 1100 g/mol. The standard InChI is InChI=1S/C63H96N2O14/c1-38-21-15-13-16-22-39(2)59(75-12)64-54-31-26-44(7)63(72,79-54)58(69)60(70)65-32-20-19-25-47(65)61(71)77-51(37-48(66)40(3)34-43(6)56(68)57(74-11)55(67)42(5)33-38)41(4)35-45-27-28-50(52(36-45)73-10)76-53-30-29-49(78-62(53,8)9)46-23-17-14-18-24-46/h13-18,21-24,34,38,41-45,47,49-54,56-59,64,68-69,72H,19-20,25-33,35-37H2,1-12H3/b16-13?,21-15?,39-22?,40-34-. The van der Waals surface area contributed by atoms with Crippen molar-refractivity contribution < 1.29 is 67.7 Å². The molecule has 1 saturated carbocycles. The zero-order valence-electron chi connectivity index (χ0n) is 49.3. The van der Waals surface area contributed by atoms with Crippen LogP contribution in [0.1, 0.15) is 157 Å². The van der Waals surface area contributed by atoms with E-state index in [1.807, 2.05) is 76.3 Å². The van der Waals surface area contributed by atoms with E-state index in [4.69, 9.17) is 33.2 Å². The van der Waals surface area contributed by atoms with Crippen molar-refractivity contribution in [2.24, 2.45) is 35.5 Å². The second-order valence-corrected chi connectivity index (χ2v) is 24.2. The second-order valence-electron chi connectivity index (χ2n) is 24.2. The number of cyclic esters (lactones) is 1. The highest BCUT2D eigenvalue weighted by atomic mass is 16.7. The molecule has 2 bridgehead atoms. The Balaban J connectivity index is 1.25. The largest absolute Gasteiger partial charge is 0.460 e. The molecule has 1 aromatic rings. The average Bonchev–Trinajstić information content (AvgIpc) is 3.44. The van der Waals surface area contributed by atoms with Crippen LogP contribution >= 0.6 is 0 Å². The van der Waals surface area contributed by atoms with Gasteiger partial charge in [0, 0.05) is 52.0 Å². The second kappa shape index (κ2) is 29.3. The first-order chi connectivity index (χ1) is 37.5. The molecule has 16 nitrogen and oxygen atoms in total. The maximum absolute atomic E-state index is 14.7. The van der Waals surface area contributed by atoms with Gasteiger partial charge in [-0.1, -0.05) is 101 Å². The summed E-state index contributed by atoms with van der Waals surface area (Å²) < 4.78 is 43.8. The summed E-state index contributed by atoms with van der Waals surface area (Å²) >= 11 is 0. The summed E-state index contributed by atoms with van der Waals surface area (Å²) in [6.07, 6.45) is 10.9. The lowest BCUT2D eigenvalue weighted by Gasteiger charge is -2.46. The number of fused-ring (bicyclic) bond motifs is 3. The number of ketones is 2.